The van der Waals surface area contributed by atoms with Gasteiger partial charge in [0, 0.05) is 6.21 Å². The van der Waals surface area contributed by atoms with Crippen LogP contribution < -0.4 is 4.74 Å². The Labute approximate surface area is 133 Å². The monoisotopic (exact) mass is 339 g/mol. The van der Waals surface area contributed by atoms with E-state index in [1.54, 1.807) is 25.1 Å². The van der Waals surface area contributed by atoms with Crippen molar-refractivity contribution in [1.82, 2.24) is 0 Å². The summed E-state index contributed by atoms with van der Waals surface area (Å²) in [7, 11) is -3.78. The number of sulfonamides is 1. The van der Waals surface area contributed by atoms with E-state index in [-0.39, 0.29) is 21.4 Å². The van der Waals surface area contributed by atoms with Gasteiger partial charge in [-0.3, -0.25) is 0 Å². The third-order valence-electron chi connectivity index (χ3n) is 2.73. The lowest BCUT2D eigenvalue weighted by molar-refractivity contribution is 0.318. The molecule has 1 N–H and O–H groups in total. The summed E-state index contributed by atoms with van der Waals surface area (Å²) in [5, 5.41) is 9.80. The van der Waals surface area contributed by atoms with Crippen LogP contribution in [0.25, 0.3) is 0 Å². The Morgan fingerprint density at radius 1 is 1.27 bits per heavy atom. The molecule has 7 heteroatoms. The SMILES string of the molecule is CCOc1cc(/C=N\S(=O)(=O)c2ccccc2)cc(Cl)c1O. The maximum Gasteiger partial charge on any atom is 0.282 e. The highest BCUT2D eigenvalue weighted by molar-refractivity contribution is 7.90. The molecule has 0 atom stereocenters. The van der Waals surface area contributed by atoms with Crippen molar-refractivity contribution in [3.63, 3.8) is 0 Å². The highest BCUT2D eigenvalue weighted by Gasteiger charge is 2.12. The molecule has 0 radical (unpaired) electrons. The number of phenols is 1. The van der Waals surface area contributed by atoms with E-state index < -0.39 is 10.0 Å². The van der Waals surface area contributed by atoms with Crippen LogP contribution in [0.3, 0.4) is 0 Å². The summed E-state index contributed by atoms with van der Waals surface area (Å²) in [6.07, 6.45) is 1.16. The summed E-state index contributed by atoms with van der Waals surface area (Å²) >= 11 is 5.88. The Balaban J connectivity index is 2.34. The van der Waals surface area contributed by atoms with Gasteiger partial charge in [-0.05, 0) is 36.8 Å². The summed E-state index contributed by atoms with van der Waals surface area (Å²) < 4.78 is 33.0. The topological polar surface area (TPSA) is 76.0 Å². The Morgan fingerprint density at radius 3 is 2.59 bits per heavy atom. The van der Waals surface area contributed by atoms with Crippen molar-refractivity contribution in [3.05, 3.63) is 53.1 Å². The molecular formula is C15H14ClNO4S. The zero-order chi connectivity index (χ0) is 16.2. The number of rotatable bonds is 5. The molecule has 0 aliphatic rings. The Bertz CT molecular complexity index is 789. The molecule has 0 fully saturated rings. The Kier molecular flexibility index (Phi) is 5.05. The van der Waals surface area contributed by atoms with E-state index in [0.29, 0.717) is 12.2 Å². The molecule has 5 nitrogen and oxygen atoms in total. The van der Waals surface area contributed by atoms with Crippen molar-refractivity contribution in [1.29, 1.82) is 0 Å². The van der Waals surface area contributed by atoms with Gasteiger partial charge in [0.25, 0.3) is 10.0 Å². The van der Waals surface area contributed by atoms with Crippen molar-refractivity contribution >= 4 is 27.8 Å². The molecule has 0 heterocycles. The van der Waals surface area contributed by atoms with Crippen LogP contribution in [0.1, 0.15) is 12.5 Å². The van der Waals surface area contributed by atoms with Crippen LogP contribution in [0, 0.1) is 0 Å². The zero-order valence-corrected chi connectivity index (χ0v) is 13.3. The van der Waals surface area contributed by atoms with Gasteiger partial charge in [-0.15, -0.1) is 0 Å². The molecule has 2 aromatic rings. The van der Waals surface area contributed by atoms with Gasteiger partial charge in [0.1, 0.15) is 0 Å². The minimum absolute atomic E-state index is 0.0597. The van der Waals surface area contributed by atoms with Gasteiger partial charge in [0.15, 0.2) is 11.5 Å². The van der Waals surface area contributed by atoms with Crippen LogP contribution in [0.15, 0.2) is 51.8 Å². The molecule has 0 aliphatic heterocycles. The predicted octanol–water partition coefficient (Wildman–Crippen LogP) is 3.25. The second-order valence-electron chi connectivity index (χ2n) is 4.31. The van der Waals surface area contributed by atoms with E-state index in [4.69, 9.17) is 16.3 Å². The third-order valence-corrected chi connectivity index (χ3v) is 4.27. The fraction of sp³-hybridized carbons (Fsp3) is 0.133. The number of hydrogen-bond donors (Lipinski definition) is 1. The summed E-state index contributed by atoms with van der Waals surface area (Å²) in [4.78, 5) is 0.0983. The maximum absolute atomic E-state index is 12.1. The standard InChI is InChI=1S/C15H14ClNO4S/c1-2-21-14-9-11(8-13(16)15(14)18)10-17-22(19,20)12-6-4-3-5-7-12/h3-10,18H,2H2,1H3/b17-10-. The predicted molar refractivity (Wildman–Crippen MR) is 85.5 cm³/mol. The number of aromatic hydroxyl groups is 1. The molecule has 0 saturated carbocycles. The van der Waals surface area contributed by atoms with E-state index in [1.165, 1.54) is 24.3 Å². The molecule has 116 valence electrons. The van der Waals surface area contributed by atoms with E-state index in [0.717, 1.165) is 6.21 Å². The van der Waals surface area contributed by atoms with Crippen molar-refractivity contribution in [3.8, 4) is 11.5 Å². The van der Waals surface area contributed by atoms with Crippen molar-refractivity contribution in [2.24, 2.45) is 4.40 Å². The average Bonchev–Trinajstić information content (AvgIpc) is 2.51. The molecule has 0 unspecified atom stereocenters. The maximum atomic E-state index is 12.1. The second kappa shape index (κ2) is 6.81. The largest absolute Gasteiger partial charge is 0.503 e. The van der Waals surface area contributed by atoms with Gasteiger partial charge in [-0.25, -0.2) is 0 Å². The molecule has 0 aliphatic carbocycles. The Morgan fingerprint density at radius 2 is 1.95 bits per heavy atom. The molecular weight excluding hydrogens is 326 g/mol. The lowest BCUT2D eigenvalue weighted by Crippen LogP contribution is -1.98. The zero-order valence-electron chi connectivity index (χ0n) is 11.7. The van der Waals surface area contributed by atoms with E-state index in [9.17, 15) is 13.5 Å². The smallest absolute Gasteiger partial charge is 0.282 e. The minimum Gasteiger partial charge on any atom is -0.503 e. The lowest BCUT2D eigenvalue weighted by Gasteiger charge is -2.08. The lowest BCUT2D eigenvalue weighted by atomic mass is 10.2. The van der Waals surface area contributed by atoms with Gasteiger partial charge in [-0.2, -0.15) is 12.8 Å². The second-order valence-corrected chi connectivity index (χ2v) is 6.34. The number of benzene rings is 2. The van der Waals surface area contributed by atoms with Gasteiger partial charge in [0.05, 0.1) is 16.5 Å². The first-order valence-electron chi connectivity index (χ1n) is 6.44. The van der Waals surface area contributed by atoms with Crippen molar-refractivity contribution in [2.45, 2.75) is 11.8 Å². The molecule has 0 amide bonds. The number of halogens is 1. The summed E-state index contributed by atoms with van der Waals surface area (Å²) in [6.45, 7) is 2.10. The number of hydrogen-bond acceptors (Lipinski definition) is 4. The minimum atomic E-state index is -3.78. The van der Waals surface area contributed by atoms with Gasteiger partial charge in [0.2, 0.25) is 0 Å². The number of nitrogens with zero attached hydrogens (tertiary/aromatic N) is 1. The quantitative estimate of drug-likeness (QED) is 0.848. The van der Waals surface area contributed by atoms with Crippen molar-refractivity contribution < 1.29 is 18.3 Å². The summed E-state index contributed by atoms with van der Waals surface area (Å²) in [6, 6.07) is 10.7. The van der Waals surface area contributed by atoms with Crippen LogP contribution in [-0.4, -0.2) is 26.3 Å². The summed E-state index contributed by atoms with van der Waals surface area (Å²) in [5.41, 5.74) is 0.408. The molecule has 22 heavy (non-hydrogen) atoms. The van der Waals surface area contributed by atoms with Crippen LogP contribution in [-0.2, 0) is 10.0 Å². The first-order valence-corrected chi connectivity index (χ1v) is 8.26. The first kappa shape index (κ1) is 16.3. The summed E-state index contributed by atoms with van der Waals surface area (Å²) in [5.74, 6) is -0.0138. The normalized spacial score (nSPS) is 11.7. The molecule has 0 saturated heterocycles. The highest BCUT2D eigenvalue weighted by atomic mass is 35.5. The van der Waals surface area contributed by atoms with E-state index in [1.807, 2.05) is 0 Å². The van der Waals surface area contributed by atoms with E-state index in [2.05, 4.69) is 4.40 Å². The number of ether oxygens (including phenoxy) is 1. The van der Waals surface area contributed by atoms with Gasteiger partial charge in [-0.1, -0.05) is 29.8 Å². The fourth-order valence-corrected chi connectivity index (χ4v) is 2.82. The average molecular weight is 340 g/mol. The molecule has 0 aromatic heterocycles. The molecule has 0 spiro atoms. The van der Waals surface area contributed by atoms with Crippen LogP contribution >= 0.6 is 11.6 Å². The van der Waals surface area contributed by atoms with Gasteiger partial charge < -0.3 is 9.84 Å². The molecule has 0 bridgehead atoms. The third kappa shape index (κ3) is 3.78. The van der Waals surface area contributed by atoms with Crippen LogP contribution in [0.5, 0.6) is 11.5 Å². The molecule has 2 rings (SSSR count). The highest BCUT2D eigenvalue weighted by Crippen LogP contribution is 2.34. The van der Waals surface area contributed by atoms with Gasteiger partial charge >= 0.3 is 0 Å². The first-order chi connectivity index (χ1) is 10.4. The Hall–Kier alpha value is -2.05. The van der Waals surface area contributed by atoms with Crippen LogP contribution in [0.4, 0.5) is 0 Å². The fourth-order valence-electron chi connectivity index (χ4n) is 1.72. The van der Waals surface area contributed by atoms with Crippen molar-refractivity contribution in [2.75, 3.05) is 6.61 Å². The van der Waals surface area contributed by atoms with Crippen LogP contribution in [0.2, 0.25) is 5.02 Å². The molecule has 2 aromatic carbocycles. The number of phenolic OH excluding ortho intramolecular Hbond substituents is 1. The van der Waals surface area contributed by atoms with E-state index >= 15 is 0 Å².